The molecule has 0 heterocycles. The molecular weight excluding hydrogens is 578 g/mol. The van der Waals surface area contributed by atoms with E-state index < -0.39 is 28.5 Å². The van der Waals surface area contributed by atoms with E-state index in [4.69, 9.17) is 0 Å². The summed E-state index contributed by atoms with van der Waals surface area (Å²) < 4.78 is 29.8. The summed E-state index contributed by atoms with van der Waals surface area (Å²) >= 11 is 3.42. The number of halogens is 1. The minimum Gasteiger partial charge on any atom is -0.354 e. The van der Waals surface area contributed by atoms with Crippen molar-refractivity contribution in [3.8, 4) is 0 Å². The van der Waals surface area contributed by atoms with Gasteiger partial charge in [-0.1, -0.05) is 72.2 Å². The minimum absolute atomic E-state index is 0.0842. The summed E-state index contributed by atoms with van der Waals surface area (Å²) in [6.07, 6.45) is 0. The Morgan fingerprint density at radius 2 is 1.54 bits per heavy atom. The van der Waals surface area contributed by atoms with Gasteiger partial charge in [-0.2, -0.15) is 0 Å². The van der Waals surface area contributed by atoms with Crippen LogP contribution in [0.4, 0.5) is 5.69 Å². The fourth-order valence-electron chi connectivity index (χ4n) is 4.06. The molecule has 0 saturated carbocycles. The third-order valence-electron chi connectivity index (χ3n) is 6.57. The highest BCUT2D eigenvalue weighted by atomic mass is 79.9. The molecule has 0 aromatic heterocycles. The van der Waals surface area contributed by atoms with Gasteiger partial charge in [-0.15, -0.1) is 0 Å². The first-order chi connectivity index (χ1) is 18.4. The number of carbonyl (C=O) groups excluding carboxylic acids is 2. The van der Waals surface area contributed by atoms with E-state index in [1.54, 1.807) is 37.3 Å². The van der Waals surface area contributed by atoms with Crippen molar-refractivity contribution in [2.24, 2.45) is 5.92 Å². The smallest absolute Gasteiger partial charge is 0.264 e. The normalized spacial score (nSPS) is 12.2. The van der Waals surface area contributed by atoms with Gasteiger partial charge in [0.2, 0.25) is 11.8 Å². The summed E-state index contributed by atoms with van der Waals surface area (Å²) in [5.41, 5.74) is 2.90. The molecule has 3 aromatic carbocycles. The number of hydrogen-bond acceptors (Lipinski definition) is 4. The van der Waals surface area contributed by atoms with Crippen molar-refractivity contribution >= 4 is 43.5 Å². The molecule has 3 aromatic rings. The van der Waals surface area contributed by atoms with Crippen LogP contribution >= 0.6 is 15.9 Å². The highest BCUT2D eigenvalue weighted by Gasteiger charge is 2.33. The average molecular weight is 615 g/mol. The Hall–Kier alpha value is -3.17. The number of amides is 2. The number of hydrogen-bond donors (Lipinski definition) is 1. The van der Waals surface area contributed by atoms with Gasteiger partial charge in [0.15, 0.2) is 0 Å². The maximum absolute atomic E-state index is 14.0. The van der Waals surface area contributed by atoms with Crippen LogP contribution in [0, 0.1) is 19.8 Å². The number of aryl methyl sites for hydroxylation is 1. The Bertz CT molecular complexity index is 1390. The van der Waals surface area contributed by atoms with Crippen molar-refractivity contribution in [2.75, 3.05) is 17.4 Å². The van der Waals surface area contributed by atoms with Crippen LogP contribution in [0.3, 0.4) is 0 Å². The molecule has 7 nitrogen and oxygen atoms in total. The predicted octanol–water partition coefficient (Wildman–Crippen LogP) is 5.45. The first-order valence-corrected chi connectivity index (χ1v) is 15.1. The second-order valence-corrected chi connectivity index (χ2v) is 12.8. The molecule has 0 unspecified atom stereocenters. The molecule has 0 spiro atoms. The van der Waals surface area contributed by atoms with Gasteiger partial charge in [-0.05, 0) is 73.7 Å². The Morgan fingerprint density at radius 1 is 0.897 bits per heavy atom. The van der Waals surface area contributed by atoms with E-state index in [2.05, 4.69) is 21.2 Å². The Morgan fingerprint density at radius 3 is 2.15 bits per heavy atom. The third-order valence-corrected chi connectivity index (χ3v) is 8.88. The highest BCUT2D eigenvalue weighted by molar-refractivity contribution is 9.10. The van der Waals surface area contributed by atoms with Crippen LogP contribution in [0.2, 0.25) is 0 Å². The van der Waals surface area contributed by atoms with Gasteiger partial charge >= 0.3 is 0 Å². The fourth-order valence-corrected chi connectivity index (χ4v) is 5.82. The Kier molecular flexibility index (Phi) is 10.3. The molecule has 0 fully saturated rings. The van der Waals surface area contributed by atoms with E-state index in [0.29, 0.717) is 12.2 Å². The number of anilines is 1. The highest BCUT2D eigenvalue weighted by Crippen LogP contribution is 2.29. The molecular formula is C30H36BrN3O4S. The first kappa shape index (κ1) is 30.4. The van der Waals surface area contributed by atoms with Crippen molar-refractivity contribution < 1.29 is 18.0 Å². The molecule has 2 amide bonds. The number of sulfonamides is 1. The van der Waals surface area contributed by atoms with Crippen LogP contribution in [-0.4, -0.2) is 44.3 Å². The maximum Gasteiger partial charge on any atom is 0.264 e. The van der Waals surface area contributed by atoms with Crippen LogP contribution in [-0.2, 0) is 26.2 Å². The van der Waals surface area contributed by atoms with Crippen LogP contribution in [0.15, 0.2) is 82.2 Å². The summed E-state index contributed by atoms with van der Waals surface area (Å²) in [5, 5.41) is 2.90. The van der Waals surface area contributed by atoms with Gasteiger partial charge in [0.25, 0.3) is 10.0 Å². The lowest BCUT2D eigenvalue weighted by atomic mass is 10.1. The summed E-state index contributed by atoms with van der Waals surface area (Å²) in [5.74, 6) is -0.531. The van der Waals surface area contributed by atoms with Crippen molar-refractivity contribution in [3.05, 3.63) is 94.0 Å². The Labute approximate surface area is 240 Å². The van der Waals surface area contributed by atoms with Gasteiger partial charge in [0.05, 0.1) is 10.6 Å². The monoisotopic (exact) mass is 613 g/mol. The average Bonchev–Trinajstić information content (AvgIpc) is 2.91. The third kappa shape index (κ3) is 7.70. The quantitative estimate of drug-likeness (QED) is 0.311. The molecule has 39 heavy (non-hydrogen) atoms. The molecule has 0 aliphatic heterocycles. The standard InChI is InChI=1S/C30H36BrN3O4S/c1-21(2)18-32-30(36)24(5)33(19-25-14-16-26(31)17-15-25)29(35)20-34(28-13-9-10-22(3)23(28)4)39(37,38)27-11-7-6-8-12-27/h6-17,21,24H,18-20H2,1-5H3,(H,32,36)/t24-/m1/s1. The molecule has 0 saturated heterocycles. The molecule has 1 N–H and O–H groups in total. The fraction of sp³-hybridized carbons (Fsp3) is 0.333. The predicted molar refractivity (Wildman–Crippen MR) is 159 cm³/mol. The number of carbonyl (C=O) groups is 2. The number of nitrogens with one attached hydrogen (secondary N) is 1. The van der Waals surface area contributed by atoms with Gasteiger partial charge in [0, 0.05) is 17.6 Å². The lowest BCUT2D eigenvalue weighted by Gasteiger charge is -2.32. The van der Waals surface area contributed by atoms with Crippen LogP contribution < -0.4 is 9.62 Å². The zero-order valence-electron chi connectivity index (χ0n) is 23.0. The van der Waals surface area contributed by atoms with Gasteiger partial charge in [-0.25, -0.2) is 8.42 Å². The number of rotatable bonds is 11. The van der Waals surface area contributed by atoms with Crippen LogP contribution in [0.5, 0.6) is 0 Å². The Balaban J connectivity index is 2.04. The summed E-state index contributed by atoms with van der Waals surface area (Å²) in [6, 6.07) is 20.1. The molecule has 0 radical (unpaired) electrons. The lowest BCUT2D eigenvalue weighted by molar-refractivity contribution is -0.139. The SMILES string of the molecule is Cc1cccc(N(CC(=O)N(Cc2ccc(Br)cc2)[C@H](C)C(=O)NCC(C)C)S(=O)(=O)c2ccccc2)c1C. The van der Waals surface area contributed by atoms with E-state index >= 15 is 0 Å². The van der Waals surface area contributed by atoms with Crippen LogP contribution in [0.1, 0.15) is 37.5 Å². The number of benzene rings is 3. The van der Waals surface area contributed by atoms with Crippen LogP contribution in [0.25, 0.3) is 0 Å². The number of nitrogens with zero attached hydrogens (tertiary/aromatic N) is 2. The molecule has 0 aliphatic rings. The van der Waals surface area contributed by atoms with E-state index in [-0.39, 0.29) is 23.3 Å². The van der Waals surface area contributed by atoms with Crippen molar-refractivity contribution in [1.82, 2.24) is 10.2 Å². The second kappa shape index (κ2) is 13.3. The van der Waals surface area contributed by atoms with Gasteiger partial charge in [0.1, 0.15) is 12.6 Å². The second-order valence-electron chi connectivity index (χ2n) is 10.0. The van der Waals surface area contributed by atoms with Gasteiger partial charge < -0.3 is 10.2 Å². The van der Waals surface area contributed by atoms with Crippen molar-refractivity contribution in [2.45, 2.75) is 52.1 Å². The molecule has 208 valence electrons. The summed E-state index contributed by atoms with van der Waals surface area (Å²) in [6.45, 7) is 9.55. The zero-order chi connectivity index (χ0) is 28.7. The lowest BCUT2D eigenvalue weighted by Crippen LogP contribution is -2.51. The van der Waals surface area contributed by atoms with Crippen molar-refractivity contribution in [3.63, 3.8) is 0 Å². The largest absolute Gasteiger partial charge is 0.354 e. The molecule has 9 heteroatoms. The topological polar surface area (TPSA) is 86.8 Å². The zero-order valence-corrected chi connectivity index (χ0v) is 25.4. The molecule has 0 bridgehead atoms. The molecule has 1 atom stereocenters. The molecule has 0 aliphatic carbocycles. The van der Waals surface area contributed by atoms with E-state index in [1.165, 1.54) is 17.0 Å². The summed E-state index contributed by atoms with van der Waals surface area (Å²) in [7, 11) is -4.09. The summed E-state index contributed by atoms with van der Waals surface area (Å²) in [4.78, 5) is 28.6. The van der Waals surface area contributed by atoms with E-state index in [9.17, 15) is 18.0 Å². The minimum atomic E-state index is -4.09. The van der Waals surface area contributed by atoms with E-state index in [0.717, 1.165) is 25.5 Å². The van der Waals surface area contributed by atoms with E-state index in [1.807, 2.05) is 58.0 Å². The molecule has 3 rings (SSSR count). The van der Waals surface area contributed by atoms with Crippen molar-refractivity contribution in [1.29, 1.82) is 0 Å². The van der Waals surface area contributed by atoms with Gasteiger partial charge in [-0.3, -0.25) is 13.9 Å². The first-order valence-electron chi connectivity index (χ1n) is 12.9. The maximum atomic E-state index is 14.0.